The molecule has 0 spiro atoms. The highest BCUT2D eigenvalue weighted by Crippen LogP contribution is 2.37. The lowest BCUT2D eigenvalue weighted by Gasteiger charge is -2.25. The summed E-state index contributed by atoms with van der Waals surface area (Å²) in [5, 5.41) is 10.5. The summed E-state index contributed by atoms with van der Waals surface area (Å²) in [6.07, 6.45) is 8.50. The van der Waals surface area contributed by atoms with Crippen LogP contribution in [0.15, 0.2) is 82.6 Å². The van der Waals surface area contributed by atoms with Crippen molar-refractivity contribution in [3.05, 3.63) is 105 Å². The molecule has 43 heavy (non-hydrogen) atoms. The number of halogens is 1. The Labute approximate surface area is 249 Å². The maximum absolute atomic E-state index is 12.8. The first-order valence-corrected chi connectivity index (χ1v) is 14.4. The van der Waals surface area contributed by atoms with E-state index < -0.39 is 17.2 Å². The molecule has 0 bridgehead atoms. The second kappa shape index (κ2) is 10.6. The monoisotopic (exact) mass is 592 g/mol. The average Bonchev–Trinajstić information content (AvgIpc) is 3.40. The zero-order valence-electron chi connectivity index (χ0n) is 22.8. The number of aromatic amines is 1. The number of carboxylic acids is 1. The number of rotatable bonds is 5. The molecule has 0 unspecified atom stereocenters. The first kappa shape index (κ1) is 26.8. The van der Waals surface area contributed by atoms with Crippen LogP contribution >= 0.6 is 11.6 Å². The molecule has 2 N–H and O–H groups in total. The van der Waals surface area contributed by atoms with Crippen molar-refractivity contribution in [3.63, 3.8) is 0 Å². The summed E-state index contributed by atoms with van der Waals surface area (Å²) in [6.45, 7) is 0. The van der Waals surface area contributed by atoms with E-state index in [-0.39, 0.29) is 22.3 Å². The number of pyridine rings is 2. The fraction of sp³-hybridized carbons (Fsp3) is 0.188. The van der Waals surface area contributed by atoms with E-state index in [0.717, 1.165) is 48.0 Å². The van der Waals surface area contributed by atoms with Crippen LogP contribution in [0.25, 0.3) is 50.3 Å². The number of nitrogens with one attached hydrogen (secondary N) is 1. The van der Waals surface area contributed by atoms with Crippen LogP contribution in [0, 0.1) is 0 Å². The molecule has 4 aromatic heterocycles. The Bertz CT molecular complexity index is 2180. The predicted molar refractivity (Wildman–Crippen MR) is 164 cm³/mol. The molecule has 1 aliphatic rings. The third-order valence-corrected chi connectivity index (χ3v) is 8.33. The maximum atomic E-state index is 12.8. The number of H-pyrrole nitrogens is 1. The molecular formula is C32H25ClN6O4. The number of nitrogens with zero attached hydrogens (tertiary/aromatic N) is 5. The third-order valence-electron chi connectivity index (χ3n) is 8.04. The van der Waals surface area contributed by atoms with E-state index in [1.54, 1.807) is 30.3 Å². The van der Waals surface area contributed by atoms with Crippen LogP contribution < -0.4 is 11.2 Å². The lowest BCUT2D eigenvalue weighted by molar-refractivity contribution is 0.0697. The van der Waals surface area contributed by atoms with Gasteiger partial charge in [-0.3, -0.25) is 14.3 Å². The molecule has 0 atom stereocenters. The molecule has 1 saturated carbocycles. The van der Waals surface area contributed by atoms with Gasteiger partial charge in [0.15, 0.2) is 5.15 Å². The average molecular weight is 593 g/mol. The number of carboxylic acid groups (broad SMARTS) is 1. The Morgan fingerprint density at radius 2 is 1.79 bits per heavy atom. The fourth-order valence-electron chi connectivity index (χ4n) is 5.95. The highest BCUT2D eigenvalue weighted by molar-refractivity contribution is 6.31. The number of fused-ring (bicyclic) bond motifs is 2. The SMILES string of the molecule is O=C(O)c1ccc2c(c1)nc(-c1ccc3nc(-c4cn(-c5cccnc5Cl)c(=O)[nH]c4=O)ccc3c1)n2C1CCCCC1. The van der Waals surface area contributed by atoms with Crippen molar-refractivity contribution in [2.45, 2.75) is 38.1 Å². The standard InChI is InChI=1S/C32H25ClN6O4/c33-28-27(7-4-14-34-28)38-17-22(30(40)37-32(38)43)24-12-8-18-15-19(9-11-23(18)35-24)29-36-25-16-20(31(41)42)10-13-26(25)39(29)21-5-2-1-3-6-21/h4,7-17,21H,1-3,5-6H2,(H,41,42)(H,37,40,43). The maximum Gasteiger partial charge on any atom is 0.335 e. The van der Waals surface area contributed by atoms with Crippen molar-refractivity contribution in [3.8, 4) is 28.3 Å². The number of hydrogen-bond acceptors (Lipinski definition) is 6. The Hall–Kier alpha value is -5.09. The van der Waals surface area contributed by atoms with Gasteiger partial charge >= 0.3 is 11.7 Å². The first-order chi connectivity index (χ1) is 20.9. The quantitative estimate of drug-likeness (QED) is 0.234. The van der Waals surface area contributed by atoms with Crippen molar-refractivity contribution in [2.75, 3.05) is 0 Å². The molecule has 2 aromatic carbocycles. The van der Waals surface area contributed by atoms with Crippen molar-refractivity contribution in [1.82, 2.24) is 29.1 Å². The van der Waals surface area contributed by atoms with Gasteiger partial charge in [0.2, 0.25) is 0 Å². The predicted octanol–water partition coefficient (Wildman–Crippen LogP) is 6.01. The zero-order valence-corrected chi connectivity index (χ0v) is 23.6. The van der Waals surface area contributed by atoms with Crippen LogP contribution in [-0.2, 0) is 0 Å². The van der Waals surface area contributed by atoms with Gasteiger partial charge < -0.3 is 9.67 Å². The summed E-state index contributed by atoms with van der Waals surface area (Å²) < 4.78 is 3.50. The summed E-state index contributed by atoms with van der Waals surface area (Å²) in [4.78, 5) is 53.1. The molecule has 7 rings (SSSR count). The lowest BCUT2D eigenvalue weighted by atomic mass is 9.94. The molecule has 4 heterocycles. The molecule has 6 aromatic rings. The van der Waals surface area contributed by atoms with E-state index in [4.69, 9.17) is 21.6 Å². The Kier molecular flexibility index (Phi) is 6.62. The smallest absolute Gasteiger partial charge is 0.335 e. The van der Waals surface area contributed by atoms with E-state index in [2.05, 4.69) is 14.5 Å². The molecule has 214 valence electrons. The summed E-state index contributed by atoms with van der Waals surface area (Å²) >= 11 is 6.21. The Morgan fingerprint density at radius 3 is 2.58 bits per heavy atom. The summed E-state index contributed by atoms with van der Waals surface area (Å²) in [6, 6.07) is 18.1. The molecule has 1 fully saturated rings. The fourth-order valence-corrected chi connectivity index (χ4v) is 6.16. The van der Waals surface area contributed by atoms with E-state index in [1.165, 1.54) is 23.4 Å². The van der Waals surface area contributed by atoms with Crippen molar-refractivity contribution in [1.29, 1.82) is 0 Å². The van der Waals surface area contributed by atoms with Gasteiger partial charge in [-0.05, 0) is 67.4 Å². The van der Waals surface area contributed by atoms with E-state index in [0.29, 0.717) is 22.4 Å². The molecule has 0 radical (unpaired) electrons. The van der Waals surface area contributed by atoms with E-state index in [1.807, 2.05) is 30.3 Å². The van der Waals surface area contributed by atoms with E-state index >= 15 is 0 Å². The minimum atomic E-state index is -0.985. The van der Waals surface area contributed by atoms with Crippen LogP contribution in [0.4, 0.5) is 0 Å². The summed E-state index contributed by atoms with van der Waals surface area (Å²) in [5.74, 6) is -0.201. The van der Waals surface area contributed by atoms with Gasteiger partial charge in [-0.15, -0.1) is 0 Å². The second-order valence-corrected chi connectivity index (χ2v) is 11.1. The number of aromatic nitrogens is 6. The molecule has 0 aliphatic heterocycles. The number of aromatic carboxylic acids is 1. The molecule has 0 amide bonds. The van der Waals surface area contributed by atoms with E-state index in [9.17, 15) is 19.5 Å². The Morgan fingerprint density at radius 1 is 0.953 bits per heavy atom. The van der Waals surface area contributed by atoms with Crippen LogP contribution in [0.5, 0.6) is 0 Å². The second-order valence-electron chi connectivity index (χ2n) is 10.7. The van der Waals surface area contributed by atoms with Gasteiger partial charge in [-0.25, -0.2) is 24.5 Å². The first-order valence-electron chi connectivity index (χ1n) is 14.0. The van der Waals surface area contributed by atoms with Gasteiger partial charge in [0, 0.05) is 29.4 Å². The lowest BCUT2D eigenvalue weighted by Crippen LogP contribution is -2.29. The van der Waals surface area contributed by atoms with Crippen LogP contribution in [0.1, 0.15) is 48.5 Å². The minimum Gasteiger partial charge on any atom is -0.478 e. The zero-order chi connectivity index (χ0) is 29.7. The highest BCUT2D eigenvalue weighted by atomic mass is 35.5. The van der Waals surface area contributed by atoms with Gasteiger partial charge in [0.05, 0.1) is 39.1 Å². The number of hydrogen-bond donors (Lipinski definition) is 2. The van der Waals surface area contributed by atoms with Crippen LogP contribution in [0.3, 0.4) is 0 Å². The number of carbonyl (C=O) groups is 1. The summed E-state index contributed by atoms with van der Waals surface area (Å²) in [5.41, 5.74) is 3.07. The highest BCUT2D eigenvalue weighted by Gasteiger charge is 2.23. The van der Waals surface area contributed by atoms with Crippen LogP contribution in [0.2, 0.25) is 5.15 Å². The topological polar surface area (TPSA) is 136 Å². The number of imidazole rings is 1. The Balaban J connectivity index is 1.33. The van der Waals surface area contributed by atoms with Gasteiger partial charge in [0.25, 0.3) is 5.56 Å². The summed E-state index contributed by atoms with van der Waals surface area (Å²) in [7, 11) is 0. The van der Waals surface area contributed by atoms with Gasteiger partial charge in [0.1, 0.15) is 5.82 Å². The van der Waals surface area contributed by atoms with Gasteiger partial charge in [-0.1, -0.05) is 36.9 Å². The van der Waals surface area contributed by atoms with Crippen molar-refractivity contribution < 1.29 is 9.90 Å². The molecule has 0 saturated heterocycles. The minimum absolute atomic E-state index is 0.125. The normalized spacial score (nSPS) is 14.0. The van der Waals surface area contributed by atoms with Gasteiger partial charge in [-0.2, -0.15) is 0 Å². The van der Waals surface area contributed by atoms with Crippen LogP contribution in [-0.4, -0.2) is 40.1 Å². The largest absolute Gasteiger partial charge is 0.478 e. The molecular weight excluding hydrogens is 568 g/mol. The molecule has 1 aliphatic carbocycles. The molecule has 10 nitrogen and oxygen atoms in total. The molecule has 11 heteroatoms. The van der Waals surface area contributed by atoms with Crippen molar-refractivity contribution in [2.24, 2.45) is 0 Å². The third kappa shape index (κ3) is 4.79. The van der Waals surface area contributed by atoms with Crippen molar-refractivity contribution >= 4 is 39.5 Å². The number of benzene rings is 2.